The van der Waals surface area contributed by atoms with E-state index in [-0.39, 0.29) is 23.5 Å². The molecule has 1 aliphatic rings. The van der Waals surface area contributed by atoms with Gasteiger partial charge >= 0.3 is 0 Å². The summed E-state index contributed by atoms with van der Waals surface area (Å²) in [5.74, 6) is -1.18. The van der Waals surface area contributed by atoms with Crippen molar-refractivity contribution in [1.29, 1.82) is 0 Å². The number of aryl methyl sites for hydroxylation is 1. The van der Waals surface area contributed by atoms with Crippen LogP contribution in [0.5, 0.6) is 0 Å². The number of amides is 2. The van der Waals surface area contributed by atoms with Gasteiger partial charge in [0.05, 0.1) is 16.8 Å². The van der Waals surface area contributed by atoms with Crippen molar-refractivity contribution in [2.45, 2.75) is 19.4 Å². The van der Waals surface area contributed by atoms with Crippen LogP contribution in [0.2, 0.25) is 0 Å². The van der Waals surface area contributed by atoms with Gasteiger partial charge in [-0.1, -0.05) is 18.2 Å². The molecule has 0 saturated carbocycles. The topological polar surface area (TPSA) is 101 Å². The average Bonchev–Trinajstić information content (AvgIpc) is 2.84. The molecule has 1 fully saturated rings. The molecule has 0 unspecified atom stereocenters. The zero-order valence-corrected chi connectivity index (χ0v) is 20.1. The number of carbonyl (C=O) groups excluding carboxylic acids is 2. The van der Waals surface area contributed by atoms with Crippen LogP contribution in [-0.4, -0.2) is 52.9 Å². The molecule has 8 heteroatoms. The van der Waals surface area contributed by atoms with Gasteiger partial charge in [0.25, 0.3) is 11.8 Å². The number of nitrogens with zero attached hydrogens (tertiary/aromatic N) is 3. The minimum Gasteiger partial charge on any atom is -0.364 e. The minimum atomic E-state index is -0.620. The highest BCUT2D eigenvalue weighted by Gasteiger charge is 2.25. The highest BCUT2D eigenvalue weighted by molar-refractivity contribution is 6.12. The molecule has 3 N–H and O–H groups in total. The number of hydrogen-bond donors (Lipinski definition) is 2. The zero-order chi connectivity index (χ0) is 25.4. The molecule has 1 saturated heterocycles. The zero-order valence-electron chi connectivity index (χ0n) is 20.1. The SMILES string of the molecule is Cc1cc(F)cc(-c2cnc3ccc(-c4cccc(C(N)=O)n4)cc3c2C(=O)N(C)C[C@@H]2CCN2)c1. The van der Waals surface area contributed by atoms with Crippen LogP contribution in [-0.2, 0) is 0 Å². The van der Waals surface area contributed by atoms with Gasteiger partial charge in [-0.05, 0) is 67.4 Å². The molecule has 36 heavy (non-hydrogen) atoms. The van der Waals surface area contributed by atoms with Crippen molar-refractivity contribution in [2.24, 2.45) is 5.73 Å². The average molecular weight is 484 g/mol. The lowest BCUT2D eigenvalue weighted by atomic mass is 9.94. The van der Waals surface area contributed by atoms with Gasteiger partial charge in [0, 0.05) is 42.3 Å². The van der Waals surface area contributed by atoms with E-state index in [1.165, 1.54) is 12.1 Å². The molecule has 5 rings (SSSR count). The van der Waals surface area contributed by atoms with Crippen LogP contribution in [0, 0.1) is 12.7 Å². The van der Waals surface area contributed by atoms with E-state index in [0.717, 1.165) is 18.5 Å². The number of aromatic nitrogens is 2. The quantitative estimate of drug-likeness (QED) is 0.433. The number of likely N-dealkylation sites (N-methyl/N-ethyl adjacent to an activating group) is 1. The van der Waals surface area contributed by atoms with E-state index in [0.29, 0.717) is 45.4 Å². The van der Waals surface area contributed by atoms with Gasteiger partial charge in [0.1, 0.15) is 11.5 Å². The number of pyridine rings is 2. The van der Waals surface area contributed by atoms with Gasteiger partial charge in [-0.25, -0.2) is 9.37 Å². The van der Waals surface area contributed by atoms with Crippen molar-refractivity contribution < 1.29 is 14.0 Å². The first-order chi connectivity index (χ1) is 17.3. The van der Waals surface area contributed by atoms with Crippen molar-refractivity contribution in [3.63, 3.8) is 0 Å². The summed E-state index contributed by atoms with van der Waals surface area (Å²) < 4.78 is 14.4. The number of carbonyl (C=O) groups is 2. The Kier molecular flexibility index (Phi) is 6.20. The maximum absolute atomic E-state index is 14.4. The minimum absolute atomic E-state index is 0.152. The van der Waals surface area contributed by atoms with Crippen LogP contribution >= 0.6 is 0 Å². The first-order valence-electron chi connectivity index (χ1n) is 11.8. The maximum atomic E-state index is 14.4. The Bertz CT molecular complexity index is 1480. The van der Waals surface area contributed by atoms with E-state index in [4.69, 9.17) is 5.73 Å². The van der Waals surface area contributed by atoms with Crippen molar-refractivity contribution >= 4 is 22.7 Å². The molecule has 0 bridgehead atoms. The number of fused-ring (bicyclic) bond motifs is 1. The molecule has 1 aliphatic heterocycles. The number of benzene rings is 2. The van der Waals surface area contributed by atoms with Gasteiger partial charge in [-0.2, -0.15) is 0 Å². The van der Waals surface area contributed by atoms with E-state index in [1.807, 2.05) is 31.2 Å². The molecule has 0 aliphatic carbocycles. The lowest BCUT2D eigenvalue weighted by Gasteiger charge is -2.32. The highest BCUT2D eigenvalue weighted by Crippen LogP contribution is 2.33. The van der Waals surface area contributed by atoms with E-state index in [1.54, 1.807) is 36.3 Å². The van der Waals surface area contributed by atoms with Crippen LogP contribution in [0.25, 0.3) is 33.3 Å². The molecule has 7 nitrogen and oxygen atoms in total. The smallest absolute Gasteiger partial charge is 0.267 e. The van der Waals surface area contributed by atoms with Gasteiger partial charge in [-0.3, -0.25) is 14.6 Å². The Labute approximate surface area is 208 Å². The van der Waals surface area contributed by atoms with Crippen LogP contribution in [0.15, 0.2) is 60.8 Å². The molecule has 2 amide bonds. The second-order valence-electron chi connectivity index (χ2n) is 9.19. The van der Waals surface area contributed by atoms with E-state index in [2.05, 4.69) is 15.3 Å². The number of primary amides is 1. The fourth-order valence-corrected chi connectivity index (χ4v) is 4.53. The molecule has 4 aromatic rings. The first kappa shape index (κ1) is 23.6. The maximum Gasteiger partial charge on any atom is 0.267 e. The number of rotatable bonds is 6. The lowest BCUT2D eigenvalue weighted by molar-refractivity contribution is 0.0769. The summed E-state index contributed by atoms with van der Waals surface area (Å²) in [7, 11) is 1.77. The number of hydrogen-bond acceptors (Lipinski definition) is 5. The molecule has 0 spiro atoms. The first-order valence-corrected chi connectivity index (χ1v) is 11.8. The van der Waals surface area contributed by atoms with E-state index < -0.39 is 5.91 Å². The summed E-state index contributed by atoms with van der Waals surface area (Å²) in [5, 5.41) is 3.95. The third-order valence-electron chi connectivity index (χ3n) is 6.50. The molecule has 3 heterocycles. The monoisotopic (exact) mass is 483 g/mol. The fraction of sp³-hybridized carbons (Fsp3) is 0.214. The van der Waals surface area contributed by atoms with Gasteiger partial charge in [0.15, 0.2) is 0 Å². The Morgan fingerprint density at radius 2 is 1.94 bits per heavy atom. The molecule has 2 aromatic heterocycles. The van der Waals surface area contributed by atoms with Gasteiger partial charge in [0.2, 0.25) is 0 Å². The predicted octanol–water partition coefficient (Wildman–Crippen LogP) is 3.94. The summed E-state index contributed by atoms with van der Waals surface area (Å²) in [6.45, 7) is 3.32. The standard InChI is InChI=1S/C28H26FN5O2/c1-16-10-18(12-19(29)11-16)22-14-32-24-7-6-17(23-4-3-5-25(33-23)27(30)35)13-21(24)26(22)28(36)34(2)15-20-8-9-31-20/h3-7,10-14,20,31H,8-9,15H2,1-2H3,(H2,30,35)/t20-/m0/s1. The second kappa shape index (κ2) is 9.47. The molecule has 182 valence electrons. The van der Waals surface area contributed by atoms with Gasteiger partial charge in [-0.15, -0.1) is 0 Å². The summed E-state index contributed by atoms with van der Waals surface area (Å²) in [6.07, 6.45) is 2.64. The largest absolute Gasteiger partial charge is 0.364 e. The van der Waals surface area contributed by atoms with Crippen LogP contribution in [0.3, 0.4) is 0 Å². The summed E-state index contributed by atoms with van der Waals surface area (Å²) in [6, 6.07) is 15.5. The van der Waals surface area contributed by atoms with Crippen molar-refractivity contribution in [1.82, 2.24) is 20.2 Å². The molecular formula is C28H26FN5O2. The molecule has 0 radical (unpaired) electrons. The van der Waals surface area contributed by atoms with Crippen LogP contribution < -0.4 is 11.1 Å². The third-order valence-corrected chi connectivity index (χ3v) is 6.50. The normalized spacial score (nSPS) is 14.9. The highest BCUT2D eigenvalue weighted by atomic mass is 19.1. The molecule has 2 aromatic carbocycles. The number of halogens is 1. The lowest BCUT2D eigenvalue weighted by Crippen LogP contribution is -2.50. The molecule has 1 atom stereocenters. The molecular weight excluding hydrogens is 457 g/mol. The Morgan fingerprint density at radius 3 is 2.64 bits per heavy atom. The Morgan fingerprint density at radius 1 is 1.14 bits per heavy atom. The summed E-state index contributed by atoms with van der Waals surface area (Å²) in [4.78, 5) is 36.2. The Balaban J connectivity index is 1.70. The van der Waals surface area contributed by atoms with Crippen molar-refractivity contribution in [3.8, 4) is 22.4 Å². The third kappa shape index (κ3) is 4.55. The van der Waals surface area contributed by atoms with Gasteiger partial charge < -0.3 is 16.0 Å². The predicted molar refractivity (Wildman–Crippen MR) is 137 cm³/mol. The van der Waals surface area contributed by atoms with E-state index >= 15 is 0 Å². The van der Waals surface area contributed by atoms with Crippen LogP contribution in [0.1, 0.15) is 32.8 Å². The van der Waals surface area contributed by atoms with E-state index in [9.17, 15) is 14.0 Å². The summed E-state index contributed by atoms with van der Waals surface area (Å²) in [5.41, 5.74) is 9.77. The summed E-state index contributed by atoms with van der Waals surface area (Å²) >= 11 is 0. The number of nitrogens with two attached hydrogens (primary N) is 1. The second-order valence-corrected chi connectivity index (χ2v) is 9.19. The fourth-order valence-electron chi connectivity index (χ4n) is 4.53. The van der Waals surface area contributed by atoms with Crippen molar-refractivity contribution in [3.05, 3.63) is 83.4 Å². The Hall–Kier alpha value is -4.17. The van der Waals surface area contributed by atoms with Crippen LogP contribution in [0.4, 0.5) is 4.39 Å². The van der Waals surface area contributed by atoms with Crippen molar-refractivity contribution in [2.75, 3.05) is 20.1 Å². The number of nitrogens with one attached hydrogen (secondary N) is 1.